The molecule has 198 valence electrons. The van der Waals surface area contributed by atoms with Gasteiger partial charge in [0.05, 0.1) is 41.2 Å². The van der Waals surface area contributed by atoms with Crippen LogP contribution in [0.3, 0.4) is 0 Å². The number of benzene rings is 2. The Morgan fingerprint density at radius 2 is 2.03 bits per heavy atom. The number of hydrogen-bond acceptors (Lipinski definition) is 6. The lowest BCUT2D eigenvalue weighted by Crippen LogP contribution is -2.49. The first-order valence-electron chi connectivity index (χ1n) is 12.2. The Labute approximate surface area is 231 Å². The summed E-state index contributed by atoms with van der Waals surface area (Å²) in [7, 11) is 0. The Morgan fingerprint density at radius 1 is 1.21 bits per heavy atom. The van der Waals surface area contributed by atoms with Gasteiger partial charge in [0.15, 0.2) is 0 Å². The lowest BCUT2D eigenvalue weighted by Gasteiger charge is -2.35. The number of thiazole rings is 1. The number of hydrogen-bond donors (Lipinski definition) is 0. The Balaban J connectivity index is 1.34. The molecule has 11 heteroatoms. The standard InChI is InChI=1S/C27H26BrF2N5O2S/c1-15-4-6-21(24(30)10-15)26-31-16(2)25(38-26)27(36)34-8-9-37-14-20(34)12-19-13-35(33-32-19)17(3)18-5-7-23(29)22(28)11-18/h4-7,10-11,13,17,20H,8-9,12,14H2,1-3H3/t17-,20?/m1/s1. The fourth-order valence-corrected chi connectivity index (χ4v) is 5.93. The molecule has 1 amide bonds. The summed E-state index contributed by atoms with van der Waals surface area (Å²) in [4.78, 5) is 20.4. The van der Waals surface area contributed by atoms with Crippen molar-refractivity contribution in [1.29, 1.82) is 0 Å². The predicted octanol–water partition coefficient (Wildman–Crippen LogP) is 5.75. The summed E-state index contributed by atoms with van der Waals surface area (Å²) >= 11 is 4.43. The van der Waals surface area contributed by atoms with Crippen molar-refractivity contribution in [1.82, 2.24) is 24.9 Å². The molecule has 7 nitrogen and oxygen atoms in total. The molecule has 0 spiro atoms. The van der Waals surface area contributed by atoms with Crippen LogP contribution in [0.1, 0.15) is 45.2 Å². The van der Waals surface area contributed by atoms with E-state index in [0.29, 0.717) is 51.8 Å². The Hall–Kier alpha value is -3.02. The van der Waals surface area contributed by atoms with Crippen molar-refractivity contribution in [3.63, 3.8) is 0 Å². The number of halogens is 3. The fourth-order valence-electron chi connectivity index (χ4n) is 4.49. The zero-order valence-corrected chi connectivity index (χ0v) is 23.5. The molecular weight excluding hydrogens is 576 g/mol. The normalized spacial score (nSPS) is 16.6. The van der Waals surface area contributed by atoms with Gasteiger partial charge < -0.3 is 9.64 Å². The van der Waals surface area contributed by atoms with Crippen molar-refractivity contribution in [2.75, 3.05) is 19.8 Å². The third-order valence-corrected chi connectivity index (χ3v) is 8.45. The maximum absolute atomic E-state index is 14.6. The van der Waals surface area contributed by atoms with Crippen LogP contribution in [0.2, 0.25) is 0 Å². The van der Waals surface area contributed by atoms with E-state index >= 15 is 0 Å². The van der Waals surface area contributed by atoms with Crippen molar-refractivity contribution in [3.05, 3.63) is 86.1 Å². The smallest absolute Gasteiger partial charge is 0.266 e. The zero-order chi connectivity index (χ0) is 27.0. The molecule has 38 heavy (non-hydrogen) atoms. The monoisotopic (exact) mass is 601 g/mol. The highest BCUT2D eigenvalue weighted by Crippen LogP contribution is 2.32. The lowest BCUT2D eigenvalue weighted by molar-refractivity contribution is -0.00168. The molecule has 0 bridgehead atoms. The molecule has 1 aliphatic heterocycles. The van der Waals surface area contributed by atoms with Crippen molar-refractivity contribution < 1.29 is 18.3 Å². The topological polar surface area (TPSA) is 73.1 Å². The van der Waals surface area contributed by atoms with Gasteiger partial charge in [0.1, 0.15) is 21.5 Å². The fraction of sp³-hybridized carbons (Fsp3) is 0.333. The number of aryl methyl sites for hydroxylation is 2. The van der Waals surface area contributed by atoms with E-state index < -0.39 is 0 Å². The lowest BCUT2D eigenvalue weighted by atomic mass is 10.1. The van der Waals surface area contributed by atoms with Crippen LogP contribution in [0, 0.1) is 25.5 Å². The average Bonchev–Trinajstić information content (AvgIpc) is 3.52. The quantitative estimate of drug-likeness (QED) is 0.281. The zero-order valence-electron chi connectivity index (χ0n) is 21.1. The van der Waals surface area contributed by atoms with Crippen LogP contribution < -0.4 is 0 Å². The van der Waals surface area contributed by atoms with E-state index in [4.69, 9.17) is 4.74 Å². The van der Waals surface area contributed by atoms with E-state index in [-0.39, 0.29) is 29.6 Å². The van der Waals surface area contributed by atoms with E-state index in [1.165, 1.54) is 23.5 Å². The highest BCUT2D eigenvalue weighted by Gasteiger charge is 2.32. The van der Waals surface area contributed by atoms with Gasteiger partial charge in [0, 0.05) is 24.7 Å². The molecular formula is C27H26BrF2N5O2S. The van der Waals surface area contributed by atoms with E-state index in [9.17, 15) is 13.6 Å². The van der Waals surface area contributed by atoms with Crippen LogP contribution in [0.15, 0.2) is 47.1 Å². The summed E-state index contributed by atoms with van der Waals surface area (Å²) in [5.41, 5.74) is 3.39. The minimum atomic E-state index is -0.354. The average molecular weight is 603 g/mol. The molecule has 5 rings (SSSR count). The van der Waals surface area contributed by atoms with Crippen molar-refractivity contribution >= 4 is 33.2 Å². The van der Waals surface area contributed by atoms with Gasteiger partial charge in [0.2, 0.25) is 0 Å². The van der Waals surface area contributed by atoms with Crippen molar-refractivity contribution in [3.8, 4) is 10.6 Å². The first-order chi connectivity index (χ1) is 18.2. The summed E-state index contributed by atoms with van der Waals surface area (Å²) in [6.45, 7) is 6.80. The molecule has 1 saturated heterocycles. The molecule has 2 aromatic carbocycles. The maximum atomic E-state index is 14.6. The number of ether oxygens (including phenoxy) is 1. The van der Waals surface area contributed by atoms with Crippen LogP contribution in [-0.2, 0) is 11.2 Å². The SMILES string of the molecule is Cc1ccc(-c2nc(C)c(C(=O)N3CCOCC3Cc3cn([C@H](C)c4ccc(F)c(Br)c4)nn3)s2)c(F)c1. The summed E-state index contributed by atoms with van der Waals surface area (Å²) in [5, 5.41) is 9.08. The summed E-state index contributed by atoms with van der Waals surface area (Å²) in [5.74, 6) is -0.828. The largest absolute Gasteiger partial charge is 0.377 e. The first-order valence-corrected chi connectivity index (χ1v) is 13.8. The molecule has 0 N–H and O–H groups in total. The summed E-state index contributed by atoms with van der Waals surface area (Å²) < 4.78 is 36.0. The van der Waals surface area contributed by atoms with Crippen LogP contribution in [0.4, 0.5) is 8.78 Å². The van der Waals surface area contributed by atoms with E-state index in [1.54, 1.807) is 34.7 Å². The van der Waals surface area contributed by atoms with Gasteiger partial charge in [-0.05, 0) is 72.1 Å². The first kappa shape index (κ1) is 26.6. The number of amides is 1. The molecule has 1 unspecified atom stereocenters. The van der Waals surface area contributed by atoms with Gasteiger partial charge in [-0.3, -0.25) is 4.79 Å². The second-order valence-corrected chi connectivity index (χ2v) is 11.2. The van der Waals surface area contributed by atoms with Crippen LogP contribution in [-0.4, -0.2) is 56.6 Å². The van der Waals surface area contributed by atoms with Gasteiger partial charge in [-0.25, -0.2) is 18.4 Å². The number of rotatable bonds is 6. The minimum absolute atomic E-state index is 0.149. The number of aromatic nitrogens is 4. The van der Waals surface area contributed by atoms with Crippen molar-refractivity contribution in [2.24, 2.45) is 0 Å². The molecule has 4 aromatic rings. The van der Waals surface area contributed by atoms with Gasteiger partial charge >= 0.3 is 0 Å². The second-order valence-electron chi connectivity index (χ2n) is 9.39. The highest BCUT2D eigenvalue weighted by molar-refractivity contribution is 9.10. The predicted molar refractivity (Wildman–Crippen MR) is 144 cm³/mol. The highest BCUT2D eigenvalue weighted by atomic mass is 79.9. The molecule has 0 radical (unpaired) electrons. The summed E-state index contributed by atoms with van der Waals surface area (Å²) in [6.07, 6.45) is 2.30. The Kier molecular flexibility index (Phi) is 7.69. The third kappa shape index (κ3) is 5.41. The second kappa shape index (κ2) is 11.0. The molecule has 3 heterocycles. The molecule has 2 aromatic heterocycles. The van der Waals surface area contributed by atoms with E-state index in [2.05, 4.69) is 31.2 Å². The van der Waals surface area contributed by atoms with E-state index in [1.807, 2.05) is 26.1 Å². The molecule has 0 aliphatic carbocycles. The minimum Gasteiger partial charge on any atom is -0.377 e. The number of morpholine rings is 1. The third-order valence-electron chi connectivity index (χ3n) is 6.66. The van der Waals surface area contributed by atoms with E-state index in [0.717, 1.165) is 16.8 Å². The Bertz CT molecular complexity index is 1490. The molecule has 1 fully saturated rings. The number of nitrogens with zero attached hydrogens (tertiary/aromatic N) is 5. The molecule has 0 saturated carbocycles. The molecule has 2 atom stereocenters. The number of carbonyl (C=O) groups is 1. The van der Waals surface area contributed by atoms with Crippen LogP contribution in [0.5, 0.6) is 0 Å². The van der Waals surface area contributed by atoms with Crippen molar-refractivity contribution in [2.45, 2.75) is 39.3 Å². The van der Waals surface area contributed by atoms with Gasteiger partial charge in [0.25, 0.3) is 5.91 Å². The van der Waals surface area contributed by atoms with Gasteiger partial charge in [-0.15, -0.1) is 16.4 Å². The Morgan fingerprint density at radius 3 is 2.79 bits per heavy atom. The molecule has 1 aliphatic rings. The number of carbonyl (C=O) groups excluding carboxylic acids is 1. The van der Waals surface area contributed by atoms with Gasteiger partial charge in [-0.1, -0.05) is 17.3 Å². The summed E-state index contributed by atoms with van der Waals surface area (Å²) in [6, 6.07) is 9.46. The van der Waals surface area contributed by atoms with Crippen LogP contribution in [0.25, 0.3) is 10.6 Å². The van der Waals surface area contributed by atoms with Gasteiger partial charge in [-0.2, -0.15) is 0 Å². The maximum Gasteiger partial charge on any atom is 0.266 e. The van der Waals surface area contributed by atoms with Crippen LogP contribution >= 0.6 is 27.3 Å².